The van der Waals surface area contributed by atoms with Crippen LogP contribution in [0.15, 0.2) is 60.7 Å². The summed E-state index contributed by atoms with van der Waals surface area (Å²) in [5.41, 5.74) is 1.36. The summed E-state index contributed by atoms with van der Waals surface area (Å²) in [6, 6.07) is 15.2. The smallest absolute Gasteiger partial charge is 0.382 e. The van der Waals surface area contributed by atoms with E-state index in [4.69, 9.17) is 0 Å². The highest BCUT2D eigenvalue weighted by Gasteiger charge is 2.50. The quantitative estimate of drug-likeness (QED) is 0.254. The van der Waals surface area contributed by atoms with Crippen LogP contribution < -0.4 is 16.0 Å². The number of hydrogen-bond acceptors (Lipinski definition) is 4. The van der Waals surface area contributed by atoms with Gasteiger partial charge in [0.2, 0.25) is 5.91 Å². The molecule has 6 rings (SSSR count). The van der Waals surface area contributed by atoms with Crippen molar-refractivity contribution in [3.63, 3.8) is 0 Å². The van der Waals surface area contributed by atoms with Crippen LogP contribution in [0.1, 0.15) is 70.8 Å². The molecule has 2 heterocycles. The van der Waals surface area contributed by atoms with Crippen molar-refractivity contribution in [2.45, 2.75) is 70.3 Å². The molecule has 6 nitrogen and oxygen atoms in total. The van der Waals surface area contributed by atoms with Crippen molar-refractivity contribution in [1.29, 1.82) is 0 Å². The molecule has 10 heteroatoms. The third-order valence-corrected chi connectivity index (χ3v) is 9.69. The van der Waals surface area contributed by atoms with E-state index >= 15 is 4.39 Å². The van der Waals surface area contributed by atoms with Crippen molar-refractivity contribution in [1.82, 2.24) is 10.2 Å². The highest BCUT2D eigenvalue weighted by Crippen LogP contribution is 2.45. The number of benzene rings is 3. The summed E-state index contributed by atoms with van der Waals surface area (Å²) in [6.07, 6.45) is 0.404. The molecule has 2 aliphatic heterocycles. The van der Waals surface area contributed by atoms with Crippen LogP contribution in [0.5, 0.6) is 0 Å². The molecule has 0 aromatic heterocycles. The third-order valence-electron chi connectivity index (χ3n) is 9.69. The van der Waals surface area contributed by atoms with E-state index in [9.17, 15) is 22.8 Å². The average Bonchev–Trinajstić information content (AvgIpc) is 3.69. The highest BCUT2D eigenvalue weighted by atomic mass is 19.4. The summed E-state index contributed by atoms with van der Waals surface area (Å²) >= 11 is 0. The van der Waals surface area contributed by atoms with E-state index in [0.717, 1.165) is 24.6 Å². The Balaban J connectivity index is 1.39. The number of aryl methyl sites for hydroxylation is 2. The van der Waals surface area contributed by atoms with Crippen LogP contribution >= 0.6 is 0 Å². The Labute approximate surface area is 260 Å². The van der Waals surface area contributed by atoms with E-state index in [2.05, 4.69) is 16.0 Å². The van der Waals surface area contributed by atoms with Crippen LogP contribution in [-0.4, -0.2) is 41.9 Å². The van der Waals surface area contributed by atoms with Crippen LogP contribution in [0.25, 0.3) is 0 Å². The fourth-order valence-electron chi connectivity index (χ4n) is 7.42. The van der Waals surface area contributed by atoms with Crippen molar-refractivity contribution < 1.29 is 27.2 Å². The van der Waals surface area contributed by atoms with Gasteiger partial charge in [-0.3, -0.25) is 9.59 Å². The number of anilines is 2. The lowest BCUT2D eigenvalue weighted by atomic mass is 9.76. The van der Waals surface area contributed by atoms with Crippen LogP contribution in [-0.2, 0) is 11.0 Å². The molecule has 3 N–H and O–H groups in total. The molecule has 238 valence electrons. The van der Waals surface area contributed by atoms with Gasteiger partial charge >= 0.3 is 6.18 Å². The first-order chi connectivity index (χ1) is 21.5. The molecular formula is C35H38F4N4O2. The van der Waals surface area contributed by atoms with Gasteiger partial charge in [-0.2, -0.15) is 13.2 Å². The van der Waals surface area contributed by atoms with Gasteiger partial charge in [0.25, 0.3) is 5.91 Å². The number of rotatable bonds is 6. The highest BCUT2D eigenvalue weighted by molar-refractivity contribution is 5.98. The first-order valence-electron chi connectivity index (χ1n) is 15.6. The summed E-state index contributed by atoms with van der Waals surface area (Å²) in [6.45, 7) is 4.11. The van der Waals surface area contributed by atoms with Gasteiger partial charge in [-0.15, -0.1) is 0 Å². The van der Waals surface area contributed by atoms with E-state index in [0.29, 0.717) is 36.7 Å². The van der Waals surface area contributed by atoms with Crippen molar-refractivity contribution in [3.05, 3.63) is 94.3 Å². The molecular weight excluding hydrogens is 584 g/mol. The summed E-state index contributed by atoms with van der Waals surface area (Å²) in [5, 5.41) is 9.63. The predicted octanol–water partition coefficient (Wildman–Crippen LogP) is 7.25. The predicted molar refractivity (Wildman–Crippen MR) is 165 cm³/mol. The van der Waals surface area contributed by atoms with Gasteiger partial charge in [0, 0.05) is 36.5 Å². The minimum atomic E-state index is -4.57. The van der Waals surface area contributed by atoms with E-state index in [1.165, 1.54) is 38.0 Å². The Kier molecular flexibility index (Phi) is 8.61. The Hall–Kier alpha value is -3.92. The lowest BCUT2D eigenvalue weighted by Gasteiger charge is -2.47. The molecule has 0 spiro atoms. The summed E-state index contributed by atoms with van der Waals surface area (Å²) in [7, 11) is 0. The minimum Gasteiger partial charge on any atom is -0.382 e. The molecule has 3 aromatic carbocycles. The van der Waals surface area contributed by atoms with Crippen LogP contribution in [0.3, 0.4) is 0 Å². The third kappa shape index (κ3) is 6.30. The molecule has 3 aromatic rings. The molecule has 3 fully saturated rings. The Bertz CT molecular complexity index is 1550. The van der Waals surface area contributed by atoms with E-state index < -0.39 is 41.3 Å². The number of carbonyl (C=O) groups excluding carboxylic acids is 2. The topological polar surface area (TPSA) is 73.5 Å². The number of alkyl halides is 3. The number of nitrogens with one attached hydrogen (secondary N) is 3. The van der Waals surface area contributed by atoms with Gasteiger partial charge in [-0.1, -0.05) is 43.2 Å². The molecule has 3 aliphatic rings. The van der Waals surface area contributed by atoms with Gasteiger partial charge in [-0.05, 0) is 86.1 Å². The van der Waals surface area contributed by atoms with Crippen LogP contribution in [0, 0.1) is 31.5 Å². The second kappa shape index (κ2) is 12.5. The fourth-order valence-corrected chi connectivity index (χ4v) is 7.42. The van der Waals surface area contributed by atoms with Gasteiger partial charge < -0.3 is 20.9 Å². The number of carbonyl (C=O) groups is 2. The maximum Gasteiger partial charge on any atom is 0.416 e. The van der Waals surface area contributed by atoms with E-state index in [1.54, 1.807) is 24.0 Å². The normalized spacial score (nSPS) is 23.6. The van der Waals surface area contributed by atoms with Crippen molar-refractivity contribution in [2.75, 3.05) is 23.7 Å². The number of halogens is 4. The SMILES string of the molecule is Cc1ccc(NC(=O)C2CC3CNCC3N(C(=O)c3c(C)cccc3F)C2c2ccc(NC3CCCC3)cc2)cc1C(F)(F)F. The zero-order chi connectivity index (χ0) is 31.9. The zero-order valence-electron chi connectivity index (χ0n) is 25.4. The van der Waals surface area contributed by atoms with Crippen LogP contribution in [0.2, 0.25) is 0 Å². The van der Waals surface area contributed by atoms with Crippen LogP contribution in [0.4, 0.5) is 28.9 Å². The Morgan fingerprint density at radius 3 is 2.31 bits per heavy atom. The molecule has 0 bridgehead atoms. The summed E-state index contributed by atoms with van der Waals surface area (Å²) in [4.78, 5) is 30.1. The molecule has 2 amide bonds. The molecule has 1 saturated carbocycles. The lowest BCUT2D eigenvalue weighted by Crippen LogP contribution is -2.55. The molecule has 1 aliphatic carbocycles. The average molecular weight is 623 g/mol. The van der Waals surface area contributed by atoms with E-state index in [1.807, 2.05) is 24.3 Å². The number of amides is 2. The first-order valence-corrected chi connectivity index (χ1v) is 15.6. The molecule has 4 unspecified atom stereocenters. The first kappa shape index (κ1) is 31.1. The fraction of sp³-hybridized carbons (Fsp3) is 0.429. The number of likely N-dealkylation sites (tertiary alicyclic amines) is 1. The Morgan fingerprint density at radius 1 is 0.911 bits per heavy atom. The maximum atomic E-state index is 15.2. The number of nitrogens with zero attached hydrogens (tertiary/aromatic N) is 1. The van der Waals surface area contributed by atoms with Crippen molar-refractivity contribution in [3.8, 4) is 0 Å². The van der Waals surface area contributed by atoms with Crippen molar-refractivity contribution >= 4 is 23.2 Å². The summed E-state index contributed by atoms with van der Waals surface area (Å²) < 4.78 is 56.3. The second-order valence-corrected chi connectivity index (χ2v) is 12.7. The van der Waals surface area contributed by atoms with Gasteiger partial charge in [0.05, 0.1) is 23.1 Å². The molecule has 0 radical (unpaired) electrons. The largest absolute Gasteiger partial charge is 0.416 e. The van der Waals surface area contributed by atoms with Gasteiger partial charge in [0.1, 0.15) is 5.82 Å². The monoisotopic (exact) mass is 622 g/mol. The lowest BCUT2D eigenvalue weighted by molar-refractivity contribution is -0.138. The molecule has 45 heavy (non-hydrogen) atoms. The standard InChI is InChI=1S/C35H38F4N4O2/c1-20-10-13-26(17-28(20)35(37,38)39)42-33(44)27-16-23-18-40-19-30(23)43(34(45)31-21(2)6-5-9-29(31)36)32(27)22-11-14-25(15-12-22)41-24-7-3-4-8-24/h5-6,9-15,17,23-24,27,30,32,40-41H,3-4,7-8,16,18-19H2,1-2H3,(H,42,44). The van der Waals surface area contributed by atoms with E-state index in [-0.39, 0.29) is 28.8 Å². The molecule has 4 atom stereocenters. The van der Waals surface area contributed by atoms with Gasteiger partial charge in [0.15, 0.2) is 0 Å². The minimum absolute atomic E-state index is 0.0299. The van der Waals surface area contributed by atoms with Gasteiger partial charge in [-0.25, -0.2) is 4.39 Å². The Morgan fingerprint density at radius 2 is 1.62 bits per heavy atom. The number of fused-ring (bicyclic) bond motifs is 1. The number of hydrogen-bond donors (Lipinski definition) is 3. The van der Waals surface area contributed by atoms with Crippen molar-refractivity contribution in [2.24, 2.45) is 11.8 Å². The second-order valence-electron chi connectivity index (χ2n) is 12.7. The maximum absolute atomic E-state index is 15.2. The zero-order valence-corrected chi connectivity index (χ0v) is 25.4. The molecule has 2 saturated heterocycles. The number of piperidine rings is 1. The summed E-state index contributed by atoms with van der Waals surface area (Å²) in [5.74, 6) is -2.52.